The highest BCUT2D eigenvalue weighted by Crippen LogP contribution is 2.50. The molecule has 0 rings (SSSR count). The number of carbonyl (C=O) groups is 1. The molecular formula is C8H17O5P. The maximum atomic E-state index is 11.8. The molecule has 0 heterocycles. The molecule has 0 aliphatic heterocycles. The molecule has 0 saturated heterocycles. The van der Waals surface area contributed by atoms with Crippen LogP contribution in [-0.4, -0.2) is 29.4 Å². The highest BCUT2D eigenvalue weighted by Gasteiger charge is 2.30. The van der Waals surface area contributed by atoms with Gasteiger partial charge in [-0.3, -0.25) is 9.36 Å². The summed E-state index contributed by atoms with van der Waals surface area (Å²) in [4.78, 5) is 10.4. The highest BCUT2D eigenvalue weighted by molar-refractivity contribution is 7.54. The molecule has 6 heteroatoms. The second-order valence-electron chi connectivity index (χ2n) is 3.47. The lowest BCUT2D eigenvalue weighted by Crippen LogP contribution is -2.14. The summed E-state index contributed by atoms with van der Waals surface area (Å²) >= 11 is 0. The largest absolute Gasteiger partial charge is 0.481 e. The van der Waals surface area contributed by atoms with Crippen LogP contribution in [0.25, 0.3) is 0 Å². The molecule has 0 unspecified atom stereocenters. The third-order valence-corrected chi connectivity index (χ3v) is 3.22. The normalized spacial score (nSPS) is 12.4. The van der Waals surface area contributed by atoms with Gasteiger partial charge in [-0.05, 0) is 27.7 Å². The Labute approximate surface area is 83.9 Å². The third kappa shape index (κ3) is 6.13. The first-order chi connectivity index (χ1) is 6.25. The summed E-state index contributed by atoms with van der Waals surface area (Å²) in [5.41, 5.74) is 0. The molecule has 14 heavy (non-hydrogen) atoms. The smallest absolute Gasteiger partial charge is 0.342 e. The lowest BCUT2D eigenvalue weighted by molar-refractivity contribution is -0.134. The summed E-state index contributed by atoms with van der Waals surface area (Å²) in [5.74, 6) is -1.19. The van der Waals surface area contributed by atoms with Crippen molar-refractivity contribution in [2.75, 3.05) is 6.16 Å². The van der Waals surface area contributed by atoms with Crippen LogP contribution in [0.2, 0.25) is 0 Å². The van der Waals surface area contributed by atoms with Crippen LogP contribution >= 0.6 is 7.60 Å². The van der Waals surface area contributed by atoms with Gasteiger partial charge in [0.05, 0.1) is 12.2 Å². The predicted octanol–water partition coefficient (Wildman–Crippen LogP) is 2.11. The SMILES string of the molecule is CC(C)OP(=O)(CC(=O)O)OC(C)C. The summed E-state index contributed by atoms with van der Waals surface area (Å²) in [6, 6.07) is 0. The van der Waals surface area contributed by atoms with Crippen molar-refractivity contribution in [2.24, 2.45) is 0 Å². The standard InChI is InChI=1S/C8H17O5P/c1-6(2)12-14(11,5-8(9)10)13-7(3)4/h6-7H,5H2,1-4H3,(H,9,10). The molecule has 84 valence electrons. The summed E-state index contributed by atoms with van der Waals surface area (Å²) in [6.07, 6.45) is -1.23. The maximum Gasteiger partial charge on any atom is 0.342 e. The predicted molar refractivity (Wildman–Crippen MR) is 52.6 cm³/mol. The van der Waals surface area contributed by atoms with Crippen LogP contribution < -0.4 is 0 Å². The van der Waals surface area contributed by atoms with Crippen LogP contribution in [0.5, 0.6) is 0 Å². The molecule has 0 atom stereocenters. The molecule has 1 N–H and O–H groups in total. The van der Waals surface area contributed by atoms with E-state index >= 15 is 0 Å². The van der Waals surface area contributed by atoms with E-state index in [-0.39, 0.29) is 12.2 Å². The van der Waals surface area contributed by atoms with Crippen LogP contribution in [0.3, 0.4) is 0 Å². The molecule has 0 saturated carbocycles. The van der Waals surface area contributed by atoms with E-state index in [9.17, 15) is 9.36 Å². The van der Waals surface area contributed by atoms with Gasteiger partial charge in [0.15, 0.2) is 0 Å². The van der Waals surface area contributed by atoms with Gasteiger partial charge in [0.2, 0.25) is 0 Å². The van der Waals surface area contributed by atoms with Gasteiger partial charge in [-0.25, -0.2) is 0 Å². The molecule has 0 fully saturated rings. The van der Waals surface area contributed by atoms with Crippen molar-refractivity contribution < 1.29 is 23.5 Å². The van der Waals surface area contributed by atoms with Crippen molar-refractivity contribution in [1.29, 1.82) is 0 Å². The topological polar surface area (TPSA) is 72.8 Å². The monoisotopic (exact) mass is 224 g/mol. The first-order valence-corrected chi connectivity index (χ1v) is 6.15. The van der Waals surface area contributed by atoms with Crippen molar-refractivity contribution in [3.63, 3.8) is 0 Å². The number of carboxylic acids is 1. The first-order valence-electron chi connectivity index (χ1n) is 4.43. The lowest BCUT2D eigenvalue weighted by Gasteiger charge is -2.21. The molecular weight excluding hydrogens is 207 g/mol. The number of carboxylic acid groups (broad SMARTS) is 1. The van der Waals surface area contributed by atoms with E-state index in [0.717, 1.165) is 0 Å². The second-order valence-corrected chi connectivity index (χ2v) is 5.43. The Kier molecular flexibility index (Phi) is 5.34. The Hall–Kier alpha value is -0.380. The summed E-state index contributed by atoms with van der Waals surface area (Å²) in [7, 11) is -3.49. The van der Waals surface area contributed by atoms with Gasteiger partial charge < -0.3 is 14.2 Å². The number of aliphatic carboxylic acids is 1. The molecule has 5 nitrogen and oxygen atoms in total. The molecule has 0 amide bonds. The second kappa shape index (κ2) is 5.49. The van der Waals surface area contributed by atoms with Crippen LogP contribution in [-0.2, 0) is 18.4 Å². The average molecular weight is 224 g/mol. The fourth-order valence-corrected chi connectivity index (χ4v) is 2.72. The minimum absolute atomic E-state index is 0.320. The molecule has 0 aliphatic rings. The van der Waals surface area contributed by atoms with E-state index in [2.05, 4.69) is 0 Å². The zero-order chi connectivity index (χ0) is 11.4. The van der Waals surface area contributed by atoms with E-state index in [4.69, 9.17) is 14.2 Å². The summed E-state index contributed by atoms with van der Waals surface area (Å²) in [6.45, 7) is 6.72. The van der Waals surface area contributed by atoms with Crippen LogP contribution in [0.4, 0.5) is 0 Å². The number of rotatable bonds is 6. The van der Waals surface area contributed by atoms with Gasteiger partial charge in [0.1, 0.15) is 6.16 Å². The molecule has 0 aliphatic carbocycles. The molecule has 0 aromatic carbocycles. The van der Waals surface area contributed by atoms with E-state index in [0.29, 0.717) is 0 Å². The van der Waals surface area contributed by atoms with Gasteiger partial charge in [0.25, 0.3) is 0 Å². The summed E-state index contributed by atoms with van der Waals surface area (Å²) < 4.78 is 21.8. The molecule has 0 aromatic heterocycles. The number of hydrogen-bond donors (Lipinski definition) is 1. The fraction of sp³-hybridized carbons (Fsp3) is 0.875. The van der Waals surface area contributed by atoms with Crippen molar-refractivity contribution in [3.05, 3.63) is 0 Å². The van der Waals surface area contributed by atoms with E-state index in [1.165, 1.54) is 0 Å². The van der Waals surface area contributed by atoms with Crippen molar-refractivity contribution in [3.8, 4) is 0 Å². The van der Waals surface area contributed by atoms with Crippen molar-refractivity contribution in [2.45, 2.75) is 39.9 Å². The van der Waals surface area contributed by atoms with Gasteiger partial charge in [-0.2, -0.15) is 0 Å². The Balaban J connectivity index is 4.49. The average Bonchev–Trinajstić information content (AvgIpc) is 1.76. The first kappa shape index (κ1) is 13.6. The van der Waals surface area contributed by atoms with E-state index < -0.39 is 19.7 Å². The minimum Gasteiger partial charge on any atom is -0.481 e. The Morgan fingerprint density at radius 2 is 1.57 bits per heavy atom. The zero-order valence-electron chi connectivity index (χ0n) is 8.89. The Morgan fingerprint density at radius 3 is 1.79 bits per heavy atom. The molecule has 0 aromatic rings. The van der Waals surface area contributed by atoms with Crippen molar-refractivity contribution >= 4 is 13.6 Å². The van der Waals surface area contributed by atoms with Gasteiger partial charge >= 0.3 is 13.6 Å². The molecule has 0 radical (unpaired) electrons. The van der Waals surface area contributed by atoms with Crippen LogP contribution in [0.15, 0.2) is 0 Å². The highest BCUT2D eigenvalue weighted by atomic mass is 31.2. The van der Waals surface area contributed by atoms with Gasteiger partial charge in [0, 0.05) is 0 Å². The lowest BCUT2D eigenvalue weighted by atomic mass is 10.5. The van der Waals surface area contributed by atoms with E-state index in [1.54, 1.807) is 27.7 Å². The third-order valence-electron chi connectivity index (χ3n) is 1.07. The maximum absolute atomic E-state index is 11.8. The molecule has 0 spiro atoms. The van der Waals surface area contributed by atoms with Crippen LogP contribution in [0, 0.1) is 0 Å². The van der Waals surface area contributed by atoms with Crippen molar-refractivity contribution in [1.82, 2.24) is 0 Å². The number of hydrogen-bond acceptors (Lipinski definition) is 4. The van der Waals surface area contributed by atoms with Crippen LogP contribution in [0.1, 0.15) is 27.7 Å². The van der Waals surface area contributed by atoms with Gasteiger partial charge in [-0.15, -0.1) is 0 Å². The fourth-order valence-electron chi connectivity index (χ4n) is 0.907. The zero-order valence-corrected chi connectivity index (χ0v) is 9.78. The van der Waals surface area contributed by atoms with Gasteiger partial charge in [-0.1, -0.05) is 0 Å². The minimum atomic E-state index is -3.49. The van der Waals surface area contributed by atoms with E-state index in [1.807, 2.05) is 0 Å². The summed E-state index contributed by atoms with van der Waals surface area (Å²) in [5, 5.41) is 8.54. The Morgan fingerprint density at radius 1 is 1.21 bits per heavy atom. The Bertz CT molecular complexity index is 222. The molecule has 0 bridgehead atoms. The quantitative estimate of drug-likeness (QED) is 0.699.